The van der Waals surface area contributed by atoms with Gasteiger partial charge in [-0.05, 0) is 54.8 Å². The summed E-state index contributed by atoms with van der Waals surface area (Å²) in [6.07, 6.45) is 2.05. The standard InChI is InChI=1S/C16H15BrN2O2/c17-12-4-6-15(20)14(9-12)19-16(21)11-3-5-13-10(8-11)2-1-7-18-13/h3-6,8-9,18,20H,1-2,7H2,(H,19,21). The van der Waals surface area contributed by atoms with E-state index in [1.54, 1.807) is 18.2 Å². The Morgan fingerprint density at radius 1 is 1.24 bits per heavy atom. The van der Waals surface area contributed by atoms with E-state index in [1.807, 2.05) is 12.1 Å². The first-order chi connectivity index (χ1) is 10.1. The summed E-state index contributed by atoms with van der Waals surface area (Å²) >= 11 is 3.32. The third-order valence-electron chi connectivity index (χ3n) is 3.51. The van der Waals surface area contributed by atoms with Crippen molar-refractivity contribution in [2.24, 2.45) is 0 Å². The van der Waals surface area contributed by atoms with Gasteiger partial charge in [0, 0.05) is 22.3 Å². The largest absolute Gasteiger partial charge is 0.506 e. The number of aromatic hydroxyl groups is 1. The van der Waals surface area contributed by atoms with Gasteiger partial charge >= 0.3 is 0 Å². The first-order valence-electron chi connectivity index (χ1n) is 6.80. The molecule has 0 aromatic heterocycles. The minimum absolute atomic E-state index is 0.0474. The smallest absolute Gasteiger partial charge is 0.255 e. The van der Waals surface area contributed by atoms with Gasteiger partial charge in [0.15, 0.2) is 0 Å². The van der Waals surface area contributed by atoms with E-state index in [0.29, 0.717) is 11.3 Å². The zero-order chi connectivity index (χ0) is 14.8. The zero-order valence-corrected chi connectivity index (χ0v) is 12.9. The monoisotopic (exact) mass is 346 g/mol. The van der Waals surface area contributed by atoms with E-state index in [-0.39, 0.29) is 11.7 Å². The van der Waals surface area contributed by atoms with Crippen molar-refractivity contribution in [2.75, 3.05) is 17.2 Å². The fourth-order valence-electron chi connectivity index (χ4n) is 2.42. The van der Waals surface area contributed by atoms with E-state index in [9.17, 15) is 9.90 Å². The van der Waals surface area contributed by atoms with Gasteiger partial charge in [-0.15, -0.1) is 0 Å². The maximum atomic E-state index is 12.3. The molecule has 0 saturated heterocycles. The molecule has 21 heavy (non-hydrogen) atoms. The van der Waals surface area contributed by atoms with Gasteiger partial charge < -0.3 is 15.7 Å². The number of fused-ring (bicyclic) bond motifs is 1. The number of phenolic OH excluding ortho intramolecular Hbond substituents is 1. The van der Waals surface area contributed by atoms with Crippen LogP contribution in [0.15, 0.2) is 40.9 Å². The van der Waals surface area contributed by atoms with Crippen LogP contribution in [0.3, 0.4) is 0 Å². The van der Waals surface area contributed by atoms with Crippen LogP contribution in [0.25, 0.3) is 0 Å². The van der Waals surface area contributed by atoms with Crippen molar-refractivity contribution in [2.45, 2.75) is 12.8 Å². The number of amides is 1. The van der Waals surface area contributed by atoms with Gasteiger partial charge in [-0.1, -0.05) is 15.9 Å². The second-order valence-corrected chi connectivity index (χ2v) is 5.93. The van der Waals surface area contributed by atoms with E-state index < -0.39 is 0 Å². The number of nitrogens with one attached hydrogen (secondary N) is 2. The van der Waals surface area contributed by atoms with E-state index in [4.69, 9.17) is 0 Å². The summed E-state index contributed by atoms with van der Waals surface area (Å²) in [5, 5.41) is 15.8. The van der Waals surface area contributed by atoms with Crippen LogP contribution in [0.1, 0.15) is 22.3 Å². The Labute approximate surface area is 131 Å². The third kappa shape index (κ3) is 3.03. The van der Waals surface area contributed by atoms with Gasteiger partial charge in [-0.2, -0.15) is 0 Å². The van der Waals surface area contributed by atoms with Crippen molar-refractivity contribution >= 4 is 33.2 Å². The Bertz CT molecular complexity index is 701. The van der Waals surface area contributed by atoms with Crippen molar-refractivity contribution in [1.82, 2.24) is 0 Å². The second-order valence-electron chi connectivity index (χ2n) is 5.02. The van der Waals surface area contributed by atoms with E-state index in [2.05, 4.69) is 26.6 Å². The molecular weight excluding hydrogens is 332 g/mol. The molecule has 2 aromatic rings. The van der Waals surface area contributed by atoms with Crippen molar-refractivity contribution in [3.05, 3.63) is 52.0 Å². The number of anilines is 2. The normalized spacial score (nSPS) is 13.2. The molecule has 0 saturated carbocycles. The molecular formula is C16H15BrN2O2. The highest BCUT2D eigenvalue weighted by atomic mass is 79.9. The number of hydrogen-bond donors (Lipinski definition) is 3. The van der Waals surface area contributed by atoms with Crippen molar-refractivity contribution in [3.8, 4) is 5.75 Å². The summed E-state index contributed by atoms with van der Waals surface area (Å²) in [5.41, 5.74) is 3.25. The molecule has 0 fully saturated rings. The Hall–Kier alpha value is -2.01. The molecule has 0 bridgehead atoms. The van der Waals surface area contributed by atoms with Gasteiger partial charge in [-0.3, -0.25) is 4.79 Å². The van der Waals surface area contributed by atoms with Crippen molar-refractivity contribution in [3.63, 3.8) is 0 Å². The Morgan fingerprint density at radius 3 is 2.95 bits per heavy atom. The average Bonchev–Trinajstić information content (AvgIpc) is 2.50. The molecule has 0 aliphatic carbocycles. The Kier molecular flexibility index (Phi) is 3.84. The number of benzene rings is 2. The van der Waals surface area contributed by atoms with Gasteiger partial charge in [0.2, 0.25) is 0 Å². The zero-order valence-electron chi connectivity index (χ0n) is 11.3. The predicted molar refractivity (Wildman–Crippen MR) is 87.0 cm³/mol. The second kappa shape index (κ2) is 5.77. The molecule has 1 amide bonds. The number of halogens is 1. The molecule has 4 nitrogen and oxygen atoms in total. The highest BCUT2D eigenvalue weighted by Gasteiger charge is 2.13. The third-order valence-corrected chi connectivity index (χ3v) is 4.01. The maximum absolute atomic E-state index is 12.3. The molecule has 0 unspecified atom stereocenters. The number of carbonyl (C=O) groups is 1. The number of phenols is 1. The molecule has 1 aliphatic heterocycles. The molecule has 5 heteroatoms. The summed E-state index contributed by atoms with van der Waals surface area (Å²) in [7, 11) is 0. The Balaban J connectivity index is 1.83. The molecule has 0 radical (unpaired) electrons. The Morgan fingerprint density at radius 2 is 2.10 bits per heavy atom. The van der Waals surface area contributed by atoms with Gasteiger partial charge in [0.25, 0.3) is 5.91 Å². The molecule has 3 N–H and O–H groups in total. The van der Waals surface area contributed by atoms with Crippen LogP contribution in [-0.2, 0) is 6.42 Å². The lowest BCUT2D eigenvalue weighted by molar-refractivity contribution is 0.102. The number of carbonyl (C=O) groups excluding carboxylic acids is 1. The van der Waals surface area contributed by atoms with Crippen molar-refractivity contribution in [1.29, 1.82) is 0 Å². The molecule has 2 aromatic carbocycles. The molecule has 0 spiro atoms. The average molecular weight is 347 g/mol. The highest BCUT2D eigenvalue weighted by Crippen LogP contribution is 2.28. The first-order valence-corrected chi connectivity index (χ1v) is 7.59. The number of rotatable bonds is 2. The van der Waals surface area contributed by atoms with Gasteiger partial charge in [0.05, 0.1) is 5.69 Å². The maximum Gasteiger partial charge on any atom is 0.255 e. The SMILES string of the molecule is O=C(Nc1cc(Br)ccc1O)c1ccc2c(c1)CCCN2. The molecule has 108 valence electrons. The van der Waals surface area contributed by atoms with E-state index >= 15 is 0 Å². The van der Waals surface area contributed by atoms with Crippen LogP contribution < -0.4 is 10.6 Å². The number of aryl methyl sites for hydroxylation is 1. The summed E-state index contributed by atoms with van der Waals surface area (Å²) in [4.78, 5) is 12.3. The lowest BCUT2D eigenvalue weighted by atomic mass is 10.0. The van der Waals surface area contributed by atoms with Crippen LogP contribution in [-0.4, -0.2) is 17.6 Å². The first kappa shape index (κ1) is 13.9. The molecule has 0 atom stereocenters. The van der Waals surface area contributed by atoms with Crippen LogP contribution in [0.5, 0.6) is 5.75 Å². The van der Waals surface area contributed by atoms with Crippen LogP contribution in [0.2, 0.25) is 0 Å². The van der Waals surface area contributed by atoms with E-state index in [1.165, 1.54) is 6.07 Å². The minimum atomic E-state index is -0.225. The van der Waals surface area contributed by atoms with Crippen LogP contribution in [0, 0.1) is 0 Å². The molecule has 1 heterocycles. The summed E-state index contributed by atoms with van der Waals surface area (Å²) in [6, 6.07) is 10.6. The molecule has 1 aliphatic rings. The fraction of sp³-hybridized carbons (Fsp3) is 0.188. The fourth-order valence-corrected chi connectivity index (χ4v) is 2.78. The number of hydrogen-bond acceptors (Lipinski definition) is 3. The van der Waals surface area contributed by atoms with Gasteiger partial charge in [0.1, 0.15) is 5.75 Å². The van der Waals surface area contributed by atoms with E-state index in [0.717, 1.165) is 35.1 Å². The summed E-state index contributed by atoms with van der Waals surface area (Å²) in [6.45, 7) is 0.977. The quantitative estimate of drug-likeness (QED) is 0.725. The molecule has 3 rings (SSSR count). The van der Waals surface area contributed by atoms with Crippen LogP contribution in [0.4, 0.5) is 11.4 Å². The van der Waals surface area contributed by atoms with Crippen molar-refractivity contribution < 1.29 is 9.90 Å². The topological polar surface area (TPSA) is 61.4 Å². The minimum Gasteiger partial charge on any atom is -0.506 e. The summed E-state index contributed by atoms with van der Waals surface area (Å²) in [5.74, 6) is -0.178. The van der Waals surface area contributed by atoms with Gasteiger partial charge in [-0.25, -0.2) is 0 Å². The highest BCUT2D eigenvalue weighted by molar-refractivity contribution is 9.10. The van der Waals surface area contributed by atoms with Crippen LogP contribution >= 0.6 is 15.9 Å². The lowest BCUT2D eigenvalue weighted by Crippen LogP contribution is -2.15. The summed E-state index contributed by atoms with van der Waals surface area (Å²) < 4.78 is 0.797. The predicted octanol–water partition coefficient (Wildman–Crippen LogP) is 3.77. The lowest BCUT2D eigenvalue weighted by Gasteiger charge is -2.18.